The van der Waals surface area contributed by atoms with Crippen molar-refractivity contribution in [1.82, 2.24) is 29.4 Å². The van der Waals surface area contributed by atoms with Crippen molar-refractivity contribution in [2.75, 3.05) is 6.61 Å². The van der Waals surface area contributed by atoms with Crippen molar-refractivity contribution in [3.63, 3.8) is 0 Å². The molecule has 302 valence electrons. The molecule has 0 unspecified atom stereocenters. The summed E-state index contributed by atoms with van der Waals surface area (Å²) in [5.41, 5.74) is 2.52. The zero-order valence-corrected chi connectivity index (χ0v) is 31.7. The van der Waals surface area contributed by atoms with Gasteiger partial charge in [0.2, 0.25) is 0 Å². The molecule has 2 N–H and O–H groups in total. The number of amides is 1. The van der Waals surface area contributed by atoms with Gasteiger partial charge in [-0.15, -0.1) is 0 Å². The minimum absolute atomic E-state index is 0.0313. The van der Waals surface area contributed by atoms with E-state index in [2.05, 4.69) is 32.0 Å². The number of benzene rings is 2. The average molecular weight is 821 g/mol. The van der Waals surface area contributed by atoms with Crippen molar-refractivity contribution >= 4 is 29.4 Å². The second-order valence-electron chi connectivity index (χ2n) is 15.3. The van der Waals surface area contributed by atoms with E-state index in [1.165, 1.54) is 30.3 Å². The minimum atomic E-state index is -3.17. The highest BCUT2D eigenvalue weighted by molar-refractivity contribution is 6.32. The first-order valence-corrected chi connectivity index (χ1v) is 17.9. The summed E-state index contributed by atoms with van der Waals surface area (Å²) in [7, 11) is 0. The van der Waals surface area contributed by atoms with E-state index in [0.717, 1.165) is 41.3 Å². The third kappa shape index (κ3) is 8.34. The molecule has 1 saturated carbocycles. The predicted octanol–water partition coefficient (Wildman–Crippen LogP) is 7.89. The van der Waals surface area contributed by atoms with E-state index >= 15 is 4.39 Å². The summed E-state index contributed by atoms with van der Waals surface area (Å²) in [6.45, 7) is 2.62. The molecule has 2 atom stereocenters. The quantitative estimate of drug-likeness (QED) is 0.0874. The summed E-state index contributed by atoms with van der Waals surface area (Å²) in [6.07, 6.45) is -0.510. The van der Waals surface area contributed by atoms with Crippen molar-refractivity contribution < 1.29 is 45.1 Å². The summed E-state index contributed by atoms with van der Waals surface area (Å²) in [5.74, 6) is -1.77. The molecular formula is C38H36ClF7N8O3. The first kappa shape index (κ1) is 41.2. The third-order valence-corrected chi connectivity index (χ3v) is 10.2. The normalized spacial score (nSPS) is 18.5. The maximum absolute atomic E-state index is 15.8. The summed E-state index contributed by atoms with van der Waals surface area (Å²) in [4.78, 5) is 37.3. The largest absolute Gasteiger partial charge is 0.463 e. The van der Waals surface area contributed by atoms with Gasteiger partial charge in [-0.2, -0.15) is 19.0 Å². The molecule has 4 aromatic rings. The van der Waals surface area contributed by atoms with Gasteiger partial charge in [-0.3, -0.25) is 14.5 Å². The lowest BCUT2D eigenvalue weighted by molar-refractivity contribution is -0.153. The van der Waals surface area contributed by atoms with Gasteiger partial charge >= 0.3 is 12.5 Å². The van der Waals surface area contributed by atoms with Crippen molar-refractivity contribution in [1.29, 1.82) is 0 Å². The Bertz CT molecular complexity index is 2280. The molecule has 2 aliphatic rings. The van der Waals surface area contributed by atoms with Crippen LogP contribution < -0.4 is 5.73 Å². The maximum Gasteiger partial charge on any atom is 0.333 e. The number of halogens is 8. The summed E-state index contributed by atoms with van der Waals surface area (Å²) >= 11 is 6.43. The SMILES string of the molecule is CC(C)(C)C[C@]1(c2ccc(C#Cc3cnn(C(F)F)c3)c(F)c2)N=C(N)N([C@H](COC(=O)CC2(C(C)(F)F)CC2)c2ccc(Cl)c(-n3ncnc3C(F)F)c2)C1=O. The number of aromatic nitrogens is 5. The molecule has 1 aliphatic carbocycles. The van der Waals surface area contributed by atoms with Crippen LogP contribution in [0.3, 0.4) is 0 Å². The molecule has 6 rings (SSSR count). The predicted molar refractivity (Wildman–Crippen MR) is 192 cm³/mol. The number of hydrogen-bond acceptors (Lipinski definition) is 8. The second kappa shape index (κ2) is 15.1. The lowest BCUT2D eigenvalue weighted by atomic mass is 9.75. The molecule has 1 amide bonds. The van der Waals surface area contributed by atoms with Crippen LogP contribution >= 0.6 is 11.6 Å². The van der Waals surface area contributed by atoms with Gasteiger partial charge in [0.25, 0.3) is 18.3 Å². The number of carbonyl (C=O) groups is 2. The van der Waals surface area contributed by atoms with Crippen LogP contribution in [0.15, 0.2) is 60.1 Å². The van der Waals surface area contributed by atoms with Crippen LogP contribution in [-0.4, -0.2) is 59.8 Å². The van der Waals surface area contributed by atoms with Gasteiger partial charge in [-0.25, -0.2) is 41.3 Å². The number of hydrogen-bond donors (Lipinski definition) is 1. The fourth-order valence-electron chi connectivity index (χ4n) is 6.82. The molecule has 19 heteroatoms. The first-order valence-electron chi connectivity index (χ1n) is 17.5. The van der Waals surface area contributed by atoms with Gasteiger partial charge in [0.1, 0.15) is 18.8 Å². The van der Waals surface area contributed by atoms with E-state index in [4.69, 9.17) is 22.1 Å². The molecular weight excluding hydrogens is 785 g/mol. The molecule has 57 heavy (non-hydrogen) atoms. The van der Waals surface area contributed by atoms with Gasteiger partial charge in [-0.05, 0) is 67.0 Å². The van der Waals surface area contributed by atoms with Crippen molar-refractivity contribution in [3.05, 3.63) is 94.0 Å². The highest BCUT2D eigenvalue weighted by atomic mass is 35.5. The number of alkyl halides is 6. The minimum Gasteiger partial charge on any atom is -0.463 e. The molecule has 2 aromatic heterocycles. The monoisotopic (exact) mass is 820 g/mol. The number of rotatable bonds is 12. The summed E-state index contributed by atoms with van der Waals surface area (Å²) < 4.78 is 105. The van der Waals surface area contributed by atoms with E-state index < -0.39 is 77.9 Å². The zero-order chi connectivity index (χ0) is 41.7. The van der Waals surface area contributed by atoms with E-state index in [1.807, 2.05) is 20.8 Å². The molecule has 0 saturated heterocycles. The molecule has 0 radical (unpaired) electrons. The number of ether oxygens (including phenoxy) is 1. The number of aliphatic imine (C=N–C) groups is 1. The van der Waals surface area contributed by atoms with Crippen LogP contribution in [0.25, 0.3) is 5.69 Å². The van der Waals surface area contributed by atoms with Crippen LogP contribution in [0.4, 0.5) is 30.7 Å². The molecule has 1 aliphatic heterocycles. The van der Waals surface area contributed by atoms with Crippen molar-refractivity contribution in [3.8, 4) is 17.5 Å². The molecule has 0 spiro atoms. The highest BCUT2D eigenvalue weighted by Gasteiger charge is 2.60. The lowest BCUT2D eigenvalue weighted by Gasteiger charge is -2.35. The highest BCUT2D eigenvalue weighted by Crippen LogP contribution is 2.59. The number of esters is 1. The van der Waals surface area contributed by atoms with Gasteiger partial charge in [0.05, 0.1) is 40.5 Å². The Morgan fingerprint density at radius 1 is 1.05 bits per heavy atom. The zero-order valence-electron chi connectivity index (χ0n) is 30.9. The summed E-state index contributed by atoms with van der Waals surface area (Å²) in [5, 5.41) is 7.34. The fourth-order valence-corrected chi connectivity index (χ4v) is 7.02. The van der Waals surface area contributed by atoms with E-state index in [1.54, 1.807) is 0 Å². The number of nitrogens with two attached hydrogens (primary N) is 1. The maximum atomic E-state index is 15.8. The van der Waals surface area contributed by atoms with Crippen LogP contribution in [0.5, 0.6) is 0 Å². The van der Waals surface area contributed by atoms with E-state index in [0.29, 0.717) is 4.68 Å². The van der Waals surface area contributed by atoms with E-state index in [-0.39, 0.29) is 58.2 Å². The van der Waals surface area contributed by atoms with Crippen molar-refractivity contribution in [2.45, 2.75) is 83.9 Å². The van der Waals surface area contributed by atoms with Gasteiger partial charge < -0.3 is 10.5 Å². The standard InChI is InChI=1S/C38H36ClF7N8O3/c1-35(2,3)19-38(24-9-7-22(26(40)14-24)6-5-21-16-49-52(17-21)33(43)44)32(56)53(34(47)51-38)28(18-57-29(55)15-37(11-12-37)36(4,45)46)23-8-10-25(39)27(13-23)54-31(30(41)42)48-20-50-54/h7-10,13-14,16-17,20,28,30,33H,11-12,15,18-19H2,1-4H3,(H2,47,51)/t28-,38-/m1/s1. The van der Waals surface area contributed by atoms with Crippen LogP contribution in [0.2, 0.25) is 5.02 Å². The Morgan fingerprint density at radius 3 is 2.37 bits per heavy atom. The molecule has 3 heterocycles. The number of carbonyl (C=O) groups excluding carboxylic acids is 2. The Balaban J connectivity index is 1.40. The topological polar surface area (TPSA) is 134 Å². The van der Waals surface area contributed by atoms with Crippen LogP contribution in [0.1, 0.15) is 100 Å². The molecule has 2 aromatic carbocycles. The average Bonchev–Trinajstić information content (AvgIpc) is 3.42. The Morgan fingerprint density at radius 2 is 1.77 bits per heavy atom. The first-order chi connectivity index (χ1) is 26.6. The van der Waals surface area contributed by atoms with Crippen LogP contribution in [-0.2, 0) is 19.9 Å². The van der Waals surface area contributed by atoms with Gasteiger partial charge in [-0.1, -0.05) is 56.3 Å². The Hall–Kier alpha value is -5.44. The second-order valence-corrected chi connectivity index (χ2v) is 15.7. The molecule has 0 bridgehead atoms. The van der Waals surface area contributed by atoms with Crippen molar-refractivity contribution in [2.24, 2.45) is 21.6 Å². The Labute approximate surface area is 327 Å². The lowest BCUT2D eigenvalue weighted by Crippen LogP contribution is -2.47. The van der Waals surface area contributed by atoms with E-state index in [9.17, 15) is 35.9 Å². The number of guanidine groups is 1. The molecule has 11 nitrogen and oxygen atoms in total. The van der Waals surface area contributed by atoms with Crippen LogP contribution in [0, 0.1) is 28.5 Å². The Kier molecular flexibility index (Phi) is 10.9. The van der Waals surface area contributed by atoms with Gasteiger partial charge in [0.15, 0.2) is 17.3 Å². The number of nitrogens with zero attached hydrogens (tertiary/aromatic N) is 7. The van der Waals surface area contributed by atoms with Gasteiger partial charge in [0, 0.05) is 11.6 Å². The summed E-state index contributed by atoms with van der Waals surface area (Å²) in [6, 6.07) is 6.50. The third-order valence-electron chi connectivity index (χ3n) is 9.83. The molecule has 1 fully saturated rings. The fraction of sp³-hybridized carbons (Fsp3) is 0.421. The smallest absolute Gasteiger partial charge is 0.333 e.